The van der Waals surface area contributed by atoms with Crippen LogP contribution in [-0.2, 0) is 0 Å². The van der Waals surface area contributed by atoms with Gasteiger partial charge in [0.25, 0.3) is 0 Å². The molecule has 0 fully saturated rings. The first-order valence-electron chi connectivity index (χ1n) is 4.52. The van der Waals surface area contributed by atoms with E-state index in [0.717, 1.165) is 17.3 Å². The molecule has 0 aliphatic rings. The molecular weight excluding hydrogens is 249 g/mol. The van der Waals surface area contributed by atoms with Crippen LogP contribution in [0.4, 0.5) is 4.39 Å². The van der Waals surface area contributed by atoms with Gasteiger partial charge in [-0.05, 0) is 47.4 Å². The van der Waals surface area contributed by atoms with Crippen molar-refractivity contribution in [2.45, 2.75) is 12.8 Å². The molecule has 2 nitrogen and oxygen atoms in total. The molecule has 1 aromatic rings. The predicted molar refractivity (Wildman–Crippen MR) is 57.9 cm³/mol. The molecule has 0 spiro atoms. The van der Waals surface area contributed by atoms with E-state index in [2.05, 4.69) is 15.9 Å². The van der Waals surface area contributed by atoms with Crippen LogP contribution in [-0.4, -0.2) is 13.2 Å². The minimum Gasteiger partial charge on any atom is -0.492 e. The van der Waals surface area contributed by atoms with Crippen LogP contribution in [0.25, 0.3) is 0 Å². The van der Waals surface area contributed by atoms with Crippen molar-refractivity contribution in [2.24, 2.45) is 5.73 Å². The van der Waals surface area contributed by atoms with E-state index < -0.39 is 0 Å². The maximum atomic E-state index is 12.8. The number of hydrogen-bond acceptors (Lipinski definition) is 2. The standard InChI is InChI=1S/C10H13BrFNO/c11-9-4-3-8(12)7-10(9)14-6-2-1-5-13/h3-4,7H,1-2,5-6,13H2. The highest BCUT2D eigenvalue weighted by Crippen LogP contribution is 2.25. The Kier molecular flexibility index (Phi) is 4.90. The topological polar surface area (TPSA) is 35.2 Å². The molecule has 0 amide bonds. The Balaban J connectivity index is 2.45. The zero-order chi connectivity index (χ0) is 10.4. The van der Waals surface area contributed by atoms with Gasteiger partial charge in [0.2, 0.25) is 0 Å². The van der Waals surface area contributed by atoms with Gasteiger partial charge in [-0.3, -0.25) is 0 Å². The van der Waals surface area contributed by atoms with Gasteiger partial charge in [-0.25, -0.2) is 4.39 Å². The first-order valence-corrected chi connectivity index (χ1v) is 5.31. The number of nitrogens with two attached hydrogens (primary N) is 1. The second-order valence-electron chi connectivity index (χ2n) is 2.92. The highest BCUT2D eigenvalue weighted by Gasteiger charge is 2.01. The van der Waals surface area contributed by atoms with E-state index in [4.69, 9.17) is 10.5 Å². The lowest BCUT2D eigenvalue weighted by Crippen LogP contribution is -2.03. The molecular formula is C10H13BrFNO. The molecule has 0 atom stereocenters. The third-order valence-electron chi connectivity index (χ3n) is 1.75. The van der Waals surface area contributed by atoms with E-state index >= 15 is 0 Å². The van der Waals surface area contributed by atoms with Crippen molar-refractivity contribution in [2.75, 3.05) is 13.2 Å². The summed E-state index contributed by atoms with van der Waals surface area (Å²) in [5.41, 5.74) is 5.34. The molecule has 0 bridgehead atoms. The van der Waals surface area contributed by atoms with Gasteiger partial charge < -0.3 is 10.5 Å². The number of ether oxygens (including phenoxy) is 1. The minimum atomic E-state index is -0.290. The normalized spacial score (nSPS) is 10.2. The van der Waals surface area contributed by atoms with Crippen LogP contribution in [0.1, 0.15) is 12.8 Å². The zero-order valence-corrected chi connectivity index (χ0v) is 9.39. The Labute approximate surface area is 91.4 Å². The Morgan fingerprint density at radius 3 is 2.86 bits per heavy atom. The van der Waals surface area contributed by atoms with Crippen molar-refractivity contribution in [3.8, 4) is 5.75 Å². The van der Waals surface area contributed by atoms with Crippen molar-refractivity contribution in [1.82, 2.24) is 0 Å². The van der Waals surface area contributed by atoms with Gasteiger partial charge >= 0.3 is 0 Å². The van der Waals surface area contributed by atoms with Gasteiger partial charge in [0.1, 0.15) is 11.6 Å². The second-order valence-corrected chi connectivity index (χ2v) is 3.77. The molecule has 1 aromatic carbocycles. The summed E-state index contributed by atoms with van der Waals surface area (Å²) in [6, 6.07) is 4.39. The molecule has 0 saturated heterocycles. The lowest BCUT2D eigenvalue weighted by molar-refractivity contribution is 0.304. The first kappa shape index (κ1) is 11.5. The molecule has 14 heavy (non-hydrogen) atoms. The quantitative estimate of drug-likeness (QED) is 0.828. The summed E-state index contributed by atoms with van der Waals surface area (Å²) in [5, 5.41) is 0. The first-order chi connectivity index (χ1) is 6.74. The van der Waals surface area contributed by atoms with Gasteiger partial charge in [0, 0.05) is 6.07 Å². The van der Waals surface area contributed by atoms with Gasteiger partial charge in [-0.2, -0.15) is 0 Å². The molecule has 78 valence electrons. The Morgan fingerprint density at radius 1 is 1.36 bits per heavy atom. The number of unbranched alkanes of at least 4 members (excludes halogenated alkanes) is 1. The predicted octanol–water partition coefficient (Wildman–Crippen LogP) is 2.71. The van der Waals surface area contributed by atoms with E-state index in [1.807, 2.05) is 0 Å². The van der Waals surface area contributed by atoms with Gasteiger partial charge in [0.15, 0.2) is 0 Å². The summed E-state index contributed by atoms with van der Waals surface area (Å²) in [6.45, 7) is 1.23. The molecule has 0 aliphatic heterocycles. The maximum Gasteiger partial charge on any atom is 0.136 e. The lowest BCUT2D eigenvalue weighted by atomic mass is 10.3. The van der Waals surface area contributed by atoms with Crippen molar-refractivity contribution in [3.05, 3.63) is 28.5 Å². The minimum absolute atomic E-state index is 0.290. The fraction of sp³-hybridized carbons (Fsp3) is 0.400. The van der Waals surface area contributed by atoms with Crippen LogP contribution < -0.4 is 10.5 Å². The molecule has 2 N–H and O–H groups in total. The highest BCUT2D eigenvalue weighted by molar-refractivity contribution is 9.10. The summed E-state index contributed by atoms with van der Waals surface area (Å²) in [5.74, 6) is 0.254. The Morgan fingerprint density at radius 2 is 2.14 bits per heavy atom. The number of benzene rings is 1. The van der Waals surface area contributed by atoms with E-state index in [1.54, 1.807) is 6.07 Å². The average Bonchev–Trinajstić information content (AvgIpc) is 2.18. The van der Waals surface area contributed by atoms with Crippen molar-refractivity contribution in [1.29, 1.82) is 0 Å². The van der Waals surface area contributed by atoms with E-state index in [1.165, 1.54) is 12.1 Å². The number of halogens is 2. The van der Waals surface area contributed by atoms with Gasteiger partial charge in [0.05, 0.1) is 11.1 Å². The summed E-state index contributed by atoms with van der Waals surface area (Å²) in [4.78, 5) is 0. The van der Waals surface area contributed by atoms with E-state index in [9.17, 15) is 4.39 Å². The fourth-order valence-electron chi connectivity index (χ4n) is 1.02. The van der Waals surface area contributed by atoms with Crippen LogP contribution in [0, 0.1) is 5.82 Å². The van der Waals surface area contributed by atoms with E-state index in [0.29, 0.717) is 18.9 Å². The third kappa shape index (κ3) is 3.64. The molecule has 0 radical (unpaired) electrons. The summed E-state index contributed by atoms with van der Waals surface area (Å²) >= 11 is 3.28. The van der Waals surface area contributed by atoms with Gasteiger partial charge in [-0.1, -0.05) is 0 Å². The van der Waals surface area contributed by atoms with Crippen LogP contribution in [0.2, 0.25) is 0 Å². The van der Waals surface area contributed by atoms with Crippen molar-refractivity contribution >= 4 is 15.9 Å². The highest BCUT2D eigenvalue weighted by atomic mass is 79.9. The second kappa shape index (κ2) is 5.98. The molecule has 0 unspecified atom stereocenters. The summed E-state index contributed by atoms with van der Waals surface area (Å²) < 4.78 is 18.9. The van der Waals surface area contributed by atoms with Crippen molar-refractivity contribution < 1.29 is 9.13 Å². The zero-order valence-electron chi connectivity index (χ0n) is 7.80. The molecule has 0 aromatic heterocycles. The summed E-state index contributed by atoms with van der Waals surface area (Å²) in [7, 11) is 0. The summed E-state index contributed by atoms with van der Waals surface area (Å²) in [6.07, 6.45) is 1.81. The molecule has 0 heterocycles. The van der Waals surface area contributed by atoms with Crippen LogP contribution in [0.3, 0.4) is 0 Å². The average molecular weight is 262 g/mol. The lowest BCUT2D eigenvalue weighted by Gasteiger charge is -2.07. The fourth-order valence-corrected chi connectivity index (χ4v) is 1.38. The van der Waals surface area contributed by atoms with Crippen LogP contribution in [0.15, 0.2) is 22.7 Å². The molecule has 0 saturated carbocycles. The van der Waals surface area contributed by atoms with Crippen LogP contribution in [0.5, 0.6) is 5.75 Å². The molecule has 1 rings (SSSR count). The molecule has 0 aliphatic carbocycles. The van der Waals surface area contributed by atoms with E-state index in [-0.39, 0.29) is 5.82 Å². The number of hydrogen-bond donors (Lipinski definition) is 1. The Hall–Kier alpha value is -0.610. The molecule has 4 heteroatoms. The monoisotopic (exact) mass is 261 g/mol. The van der Waals surface area contributed by atoms with Gasteiger partial charge in [-0.15, -0.1) is 0 Å². The Bertz CT molecular complexity index is 293. The van der Waals surface area contributed by atoms with Crippen molar-refractivity contribution in [3.63, 3.8) is 0 Å². The largest absolute Gasteiger partial charge is 0.492 e. The smallest absolute Gasteiger partial charge is 0.136 e. The number of rotatable bonds is 5. The third-order valence-corrected chi connectivity index (χ3v) is 2.40. The SMILES string of the molecule is NCCCCOc1cc(F)ccc1Br. The maximum absolute atomic E-state index is 12.8. The van der Waals surface area contributed by atoms with Crippen LogP contribution >= 0.6 is 15.9 Å².